The van der Waals surface area contributed by atoms with Gasteiger partial charge >= 0.3 is 0 Å². The summed E-state index contributed by atoms with van der Waals surface area (Å²) in [5.74, 6) is 0.994. The lowest BCUT2D eigenvalue weighted by molar-refractivity contribution is 0.193. The molecule has 0 aromatic rings. The second kappa shape index (κ2) is 4.04. The van der Waals surface area contributed by atoms with E-state index in [1.807, 2.05) is 0 Å². The minimum absolute atomic E-state index is 0.227. The van der Waals surface area contributed by atoms with Gasteiger partial charge in [-0.25, -0.2) is 0 Å². The number of hydrogen-bond acceptors (Lipinski definition) is 3. The minimum Gasteiger partial charge on any atom is -0.396 e. The smallest absolute Gasteiger partial charge is 0.0558 e. The van der Waals surface area contributed by atoms with Crippen LogP contribution < -0.4 is 0 Å². The summed E-state index contributed by atoms with van der Waals surface area (Å²) in [6.45, 7) is 5.37. The third kappa shape index (κ3) is 2.15. The quantitative estimate of drug-likeness (QED) is 0.585. The molecule has 0 aromatic carbocycles. The summed E-state index contributed by atoms with van der Waals surface area (Å²) in [4.78, 5) is 2.20. The van der Waals surface area contributed by atoms with Gasteiger partial charge < -0.3 is 15.1 Å². The molecule has 1 heterocycles. The summed E-state index contributed by atoms with van der Waals surface area (Å²) in [7, 11) is 0. The van der Waals surface area contributed by atoms with Crippen LogP contribution in [0.15, 0.2) is 0 Å². The van der Waals surface area contributed by atoms with Gasteiger partial charge in [-0.15, -0.1) is 0 Å². The molecule has 3 nitrogen and oxygen atoms in total. The van der Waals surface area contributed by atoms with Gasteiger partial charge in [0.25, 0.3) is 0 Å². The first-order chi connectivity index (χ1) is 5.27. The largest absolute Gasteiger partial charge is 0.396 e. The highest BCUT2D eigenvalue weighted by molar-refractivity contribution is 4.80. The van der Waals surface area contributed by atoms with Crippen LogP contribution in [0.4, 0.5) is 0 Å². The van der Waals surface area contributed by atoms with Gasteiger partial charge in [-0.3, -0.25) is 0 Å². The number of aliphatic hydroxyl groups excluding tert-OH is 2. The van der Waals surface area contributed by atoms with Crippen molar-refractivity contribution in [3.63, 3.8) is 0 Å². The molecule has 2 N–H and O–H groups in total. The Morgan fingerprint density at radius 2 is 2.09 bits per heavy atom. The molecule has 2 atom stereocenters. The van der Waals surface area contributed by atoms with Gasteiger partial charge in [0.2, 0.25) is 0 Å². The second-order valence-corrected chi connectivity index (χ2v) is 3.40. The van der Waals surface area contributed by atoms with Crippen molar-refractivity contribution in [3.05, 3.63) is 0 Å². The zero-order valence-corrected chi connectivity index (χ0v) is 7.03. The molecule has 0 radical (unpaired) electrons. The van der Waals surface area contributed by atoms with Crippen molar-refractivity contribution in [1.82, 2.24) is 4.90 Å². The maximum atomic E-state index is 8.93. The predicted molar refractivity (Wildman–Crippen MR) is 43.3 cm³/mol. The summed E-state index contributed by atoms with van der Waals surface area (Å²) >= 11 is 0. The van der Waals surface area contributed by atoms with Gasteiger partial charge in [0.1, 0.15) is 0 Å². The number of rotatable bonds is 3. The Hall–Kier alpha value is -0.120. The molecule has 0 bridgehead atoms. The van der Waals surface area contributed by atoms with Crippen molar-refractivity contribution in [1.29, 1.82) is 0 Å². The van der Waals surface area contributed by atoms with E-state index in [2.05, 4.69) is 11.8 Å². The molecule has 66 valence electrons. The zero-order chi connectivity index (χ0) is 8.27. The highest BCUT2D eigenvalue weighted by Crippen LogP contribution is 2.21. The number of hydrogen-bond donors (Lipinski definition) is 2. The Labute approximate surface area is 67.6 Å². The molecule has 0 saturated carbocycles. The Morgan fingerprint density at radius 3 is 2.55 bits per heavy atom. The van der Waals surface area contributed by atoms with Crippen LogP contribution in [0.2, 0.25) is 0 Å². The van der Waals surface area contributed by atoms with Crippen molar-refractivity contribution in [2.45, 2.75) is 6.92 Å². The van der Waals surface area contributed by atoms with Gasteiger partial charge in [-0.05, 0) is 11.8 Å². The van der Waals surface area contributed by atoms with E-state index in [4.69, 9.17) is 10.2 Å². The van der Waals surface area contributed by atoms with Crippen LogP contribution in [-0.2, 0) is 0 Å². The van der Waals surface area contributed by atoms with E-state index in [0.29, 0.717) is 11.8 Å². The second-order valence-electron chi connectivity index (χ2n) is 3.40. The molecule has 11 heavy (non-hydrogen) atoms. The van der Waals surface area contributed by atoms with Crippen LogP contribution in [0.3, 0.4) is 0 Å². The summed E-state index contributed by atoms with van der Waals surface area (Å²) < 4.78 is 0. The first kappa shape index (κ1) is 8.97. The van der Waals surface area contributed by atoms with Gasteiger partial charge in [0.15, 0.2) is 0 Å². The third-order valence-electron chi connectivity index (χ3n) is 2.49. The van der Waals surface area contributed by atoms with Crippen LogP contribution in [-0.4, -0.2) is 48.0 Å². The molecule has 1 rings (SSSR count). The number of aliphatic hydroxyl groups is 2. The van der Waals surface area contributed by atoms with Crippen LogP contribution in [0.25, 0.3) is 0 Å². The van der Waals surface area contributed by atoms with E-state index in [9.17, 15) is 0 Å². The molecule has 0 unspecified atom stereocenters. The first-order valence-electron chi connectivity index (χ1n) is 4.22. The van der Waals surface area contributed by atoms with Crippen molar-refractivity contribution >= 4 is 0 Å². The van der Waals surface area contributed by atoms with Gasteiger partial charge in [0.05, 0.1) is 6.61 Å². The van der Waals surface area contributed by atoms with Gasteiger partial charge in [-0.1, -0.05) is 6.92 Å². The average Bonchev–Trinajstić information content (AvgIpc) is 2.32. The van der Waals surface area contributed by atoms with Crippen molar-refractivity contribution in [2.24, 2.45) is 11.8 Å². The fourth-order valence-corrected chi connectivity index (χ4v) is 1.70. The van der Waals surface area contributed by atoms with Crippen LogP contribution in [0.1, 0.15) is 6.92 Å². The highest BCUT2D eigenvalue weighted by atomic mass is 16.3. The van der Waals surface area contributed by atoms with E-state index in [-0.39, 0.29) is 13.2 Å². The van der Waals surface area contributed by atoms with Crippen LogP contribution >= 0.6 is 0 Å². The molecular weight excluding hydrogens is 142 g/mol. The number of β-amino-alcohol motifs (C(OH)–C–C–N with tert-alkyl or cyclic N) is 1. The fourth-order valence-electron chi connectivity index (χ4n) is 1.70. The molecule has 0 aliphatic carbocycles. The summed E-state index contributed by atoms with van der Waals surface area (Å²) in [6.07, 6.45) is 0. The lowest BCUT2D eigenvalue weighted by atomic mass is 10.00. The molecule has 1 aliphatic heterocycles. The summed E-state index contributed by atoms with van der Waals surface area (Å²) in [5, 5.41) is 17.6. The Kier molecular flexibility index (Phi) is 3.30. The van der Waals surface area contributed by atoms with Gasteiger partial charge in [0, 0.05) is 26.2 Å². The van der Waals surface area contributed by atoms with Gasteiger partial charge in [-0.2, -0.15) is 0 Å². The van der Waals surface area contributed by atoms with Crippen LogP contribution in [0.5, 0.6) is 0 Å². The maximum absolute atomic E-state index is 8.93. The molecule has 1 saturated heterocycles. The molecule has 1 aliphatic rings. The monoisotopic (exact) mass is 159 g/mol. The summed E-state index contributed by atoms with van der Waals surface area (Å²) in [5.41, 5.74) is 0. The Balaban J connectivity index is 2.30. The van der Waals surface area contributed by atoms with E-state index < -0.39 is 0 Å². The van der Waals surface area contributed by atoms with Crippen molar-refractivity contribution in [2.75, 3.05) is 32.8 Å². The molecular formula is C8H17NO2. The SMILES string of the molecule is C[C@@H]1CN(CCO)C[C@H]1CO. The predicted octanol–water partition coefficient (Wildman–Crippen LogP) is -0.461. The topological polar surface area (TPSA) is 43.7 Å². The molecule has 0 amide bonds. The Morgan fingerprint density at radius 1 is 1.36 bits per heavy atom. The molecule has 1 fully saturated rings. The maximum Gasteiger partial charge on any atom is 0.0558 e. The Bertz CT molecular complexity index is 119. The highest BCUT2D eigenvalue weighted by Gasteiger charge is 2.27. The lowest BCUT2D eigenvalue weighted by Gasteiger charge is -2.12. The molecule has 0 aromatic heterocycles. The average molecular weight is 159 g/mol. The molecule has 3 heteroatoms. The zero-order valence-electron chi connectivity index (χ0n) is 7.03. The van der Waals surface area contributed by atoms with Crippen molar-refractivity contribution in [3.8, 4) is 0 Å². The lowest BCUT2D eigenvalue weighted by Crippen LogP contribution is -2.24. The standard InChI is InChI=1S/C8H17NO2/c1-7-4-9(2-3-10)5-8(7)6-11/h7-8,10-11H,2-6H2,1H3/t7-,8+/m1/s1. The van der Waals surface area contributed by atoms with Crippen molar-refractivity contribution < 1.29 is 10.2 Å². The summed E-state index contributed by atoms with van der Waals surface area (Å²) in [6, 6.07) is 0. The minimum atomic E-state index is 0.227. The number of likely N-dealkylation sites (tertiary alicyclic amines) is 1. The normalized spacial score (nSPS) is 33.0. The molecule has 0 spiro atoms. The van der Waals surface area contributed by atoms with E-state index in [0.717, 1.165) is 19.6 Å². The van der Waals surface area contributed by atoms with E-state index >= 15 is 0 Å². The third-order valence-corrected chi connectivity index (χ3v) is 2.49. The fraction of sp³-hybridized carbons (Fsp3) is 1.00. The van der Waals surface area contributed by atoms with E-state index in [1.54, 1.807) is 0 Å². The van der Waals surface area contributed by atoms with E-state index in [1.165, 1.54) is 0 Å². The first-order valence-corrected chi connectivity index (χ1v) is 4.22. The number of nitrogens with zero attached hydrogens (tertiary/aromatic N) is 1. The van der Waals surface area contributed by atoms with Crippen LogP contribution in [0, 0.1) is 11.8 Å².